The molecule has 1 heterocycles. The molecule has 1 saturated carbocycles. The van der Waals surface area contributed by atoms with E-state index in [1.807, 2.05) is 18.7 Å². The molecule has 1 aliphatic carbocycles. The van der Waals surface area contributed by atoms with Crippen LogP contribution in [0.3, 0.4) is 0 Å². The van der Waals surface area contributed by atoms with E-state index in [1.54, 1.807) is 0 Å². The Morgan fingerprint density at radius 1 is 1.33 bits per heavy atom. The van der Waals surface area contributed by atoms with Crippen LogP contribution in [0.25, 0.3) is 0 Å². The first-order valence-corrected chi connectivity index (χ1v) is 7.11. The van der Waals surface area contributed by atoms with E-state index in [-0.39, 0.29) is 0 Å². The third kappa shape index (κ3) is 2.98. The van der Waals surface area contributed by atoms with E-state index in [0.717, 1.165) is 35.6 Å². The minimum atomic E-state index is 0.787. The lowest BCUT2D eigenvalue weighted by atomic mass is 9.81. The average Bonchev–Trinajstić information content (AvgIpc) is 2.58. The molecule has 102 valence electrons. The van der Waals surface area contributed by atoms with Gasteiger partial charge in [0.25, 0.3) is 0 Å². The molecule has 4 nitrogen and oxygen atoms in total. The van der Waals surface area contributed by atoms with Crippen LogP contribution in [0.15, 0.2) is 0 Å². The smallest absolute Gasteiger partial charge is 0.147 e. The third-order valence-electron chi connectivity index (χ3n) is 4.25. The molecular weight excluding hydrogens is 224 g/mol. The molecule has 0 atom stereocenters. The summed E-state index contributed by atoms with van der Waals surface area (Å²) < 4.78 is 1.84. The van der Waals surface area contributed by atoms with Gasteiger partial charge in [-0.05, 0) is 25.2 Å². The normalized spacial score (nSPS) is 24.2. The quantitative estimate of drug-likeness (QED) is 0.864. The Morgan fingerprint density at radius 3 is 2.56 bits per heavy atom. The molecule has 0 spiro atoms. The molecule has 1 aliphatic rings. The van der Waals surface area contributed by atoms with Gasteiger partial charge in [-0.2, -0.15) is 5.10 Å². The van der Waals surface area contributed by atoms with Crippen LogP contribution in [0.4, 0.5) is 11.5 Å². The number of anilines is 2. The summed E-state index contributed by atoms with van der Waals surface area (Å²) in [6, 6.07) is 0. The predicted octanol–water partition coefficient (Wildman–Crippen LogP) is 2.94. The van der Waals surface area contributed by atoms with Gasteiger partial charge in [-0.15, -0.1) is 0 Å². The standard InChI is InChI=1S/C14H26N4/c1-10-4-6-12(7-5-10)8-9-16-14-13(15)11(2)17-18(14)3/h10,12,16H,4-9,15H2,1-3H3. The largest absolute Gasteiger partial charge is 0.394 e. The van der Waals surface area contributed by atoms with Crippen LogP contribution in [0.2, 0.25) is 0 Å². The number of rotatable bonds is 4. The molecule has 18 heavy (non-hydrogen) atoms. The molecule has 2 rings (SSSR count). The first-order chi connectivity index (χ1) is 8.58. The first-order valence-electron chi connectivity index (χ1n) is 7.11. The van der Waals surface area contributed by atoms with E-state index >= 15 is 0 Å². The lowest BCUT2D eigenvalue weighted by molar-refractivity contribution is 0.282. The van der Waals surface area contributed by atoms with E-state index in [1.165, 1.54) is 32.1 Å². The van der Waals surface area contributed by atoms with E-state index in [9.17, 15) is 0 Å². The van der Waals surface area contributed by atoms with Crippen molar-refractivity contribution in [2.45, 2.75) is 46.0 Å². The highest BCUT2D eigenvalue weighted by Gasteiger charge is 2.18. The second-order valence-corrected chi connectivity index (χ2v) is 5.81. The second-order valence-electron chi connectivity index (χ2n) is 5.81. The second kappa shape index (κ2) is 5.63. The third-order valence-corrected chi connectivity index (χ3v) is 4.25. The highest BCUT2D eigenvalue weighted by Crippen LogP contribution is 2.30. The SMILES string of the molecule is Cc1nn(C)c(NCCC2CCC(C)CC2)c1N. The first kappa shape index (κ1) is 13.2. The summed E-state index contributed by atoms with van der Waals surface area (Å²) in [4.78, 5) is 0. The van der Waals surface area contributed by atoms with Gasteiger partial charge in [-0.3, -0.25) is 4.68 Å². The number of nitrogens with one attached hydrogen (secondary N) is 1. The minimum Gasteiger partial charge on any atom is -0.394 e. The van der Waals surface area contributed by atoms with Crippen molar-refractivity contribution < 1.29 is 0 Å². The summed E-state index contributed by atoms with van der Waals surface area (Å²) in [7, 11) is 1.94. The highest BCUT2D eigenvalue weighted by atomic mass is 15.3. The molecule has 0 saturated heterocycles. The molecule has 1 aromatic heterocycles. The van der Waals surface area contributed by atoms with Crippen LogP contribution in [-0.4, -0.2) is 16.3 Å². The number of hydrogen-bond donors (Lipinski definition) is 2. The van der Waals surface area contributed by atoms with Gasteiger partial charge in [-0.1, -0.05) is 32.6 Å². The van der Waals surface area contributed by atoms with Gasteiger partial charge in [-0.25, -0.2) is 0 Å². The molecule has 0 amide bonds. The topological polar surface area (TPSA) is 55.9 Å². The Morgan fingerprint density at radius 2 is 2.00 bits per heavy atom. The van der Waals surface area contributed by atoms with Crippen LogP contribution in [0.1, 0.15) is 44.7 Å². The van der Waals surface area contributed by atoms with Crippen molar-refractivity contribution in [3.8, 4) is 0 Å². The van der Waals surface area contributed by atoms with E-state index < -0.39 is 0 Å². The maximum Gasteiger partial charge on any atom is 0.147 e. The molecular formula is C14H26N4. The molecule has 0 aromatic carbocycles. The molecule has 3 N–H and O–H groups in total. The average molecular weight is 250 g/mol. The van der Waals surface area contributed by atoms with Crippen LogP contribution in [-0.2, 0) is 7.05 Å². The van der Waals surface area contributed by atoms with Gasteiger partial charge in [0.1, 0.15) is 5.82 Å². The van der Waals surface area contributed by atoms with Crippen molar-refractivity contribution in [1.82, 2.24) is 9.78 Å². The Kier molecular flexibility index (Phi) is 4.15. The Hall–Kier alpha value is -1.19. The monoisotopic (exact) mass is 250 g/mol. The lowest BCUT2D eigenvalue weighted by Gasteiger charge is -2.26. The zero-order valence-electron chi connectivity index (χ0n) is 11.9. The molecule has 0 aliphatic heterocycles. The van der Waals surface area contributed by atoms with Gasteiger partial charge in [0.2, 0.25) is 0 Å². The van der Waals surface area contributed by atoms with Gasteiger partial charge < -0.3 is 11.1 Å². The number of nitrogen functional groups attached to an aromatic ring is 1. The van der Waals surface area contributed by atoms with E-state index in [2.05, 4.69) is 17.3 Å². The Labute approximate surface area is 110 Å². The van der Waals surface area contributed by atoms with Gasteiger partial charge in [0.05, 0.1) is 11.4 Å². The van der Waals surface area contributed by atoms with Crippen molar-refractivity contribution in [2.24, 2.45) is 18.9 Å². The Balaban J connectivity index is 1.78. The van der Waals surface area contributed by atoms with Crippen molar-refractivity contribution in [1.29, 1.82) is 0 Å². The van der Waals surface area contributed by atoms with Crippen molar-refractivity contribution in [3.05, 3.63) is 5.69 Å². The summed E-state index contributed by atoms with van der Waals surface area (Å²) >= 11 is 0. The number of hydrogen-bond acceptors (Lipinski definition) is 3. The van der Waals surface area contributed by atoms with Crippen LogP contribution < -0.4 is 11.1 Å². The number of nitrogens with zero attached hydrogens (tertiary/aromatic N) is 2. The molecule has 0 unspecified atom stereocenters. The predicted molar refractivity (Wildman–Crippen MR) is 76.6 cm³/mol. The summed E-state index contributed by atoms with van der Waals surface area (Å²) in [5.74, 6) is 2.80. The summed E-state index contributed by atoms with van der Waals surface area (Å²) in [5, 5.41) is 7.75. The maximum absolute atomic E-state index is 6.00. The molecule has 4 heteroatoms. The summed E-state index contributed by atoms with van der Waals surface area (Å²) in [5.41, 5.74) is 7.69. The minimum absolute atomic E-state index is 0.787. The molecule has 0 radical (unpaired) electrons. The zero-order chi connectivity index (χ0) is 13.1. The van der Waals surface area contributed by atoms with Gasteiger partial charge >= 0.3 is 0 Å². The van der Waals surface area contributed by atoms with Crippen LogP contribution >= 0.6 is 0 Å². The van der Waals surface area contributed by atoms with Crippen molar-refractivity contribution >= 4 is 11.5 Å². The van der Waals surface area contributed by atoms with E-state index in [4.69, 9.17) is 5.73 Å². The zero-order valence-corrected chi connectivity index (χ0v) is 11.9. The lowest BCUT2D eigenvalue weighted by Crippen LogP contribution is -2.16. The summed E-state index contributed by atoms with van der Waals surface area (Å²) in [6.07, 6.45) is 6.83. The molecule has 0 bridgehead atoms. The number of aryl methyl sites for hydroxylation is 2. The van der Waals surface area contributed by atoms with E-state index in [0.29, 0.717) is 0 Å². The van der Waals surface area contributed by atoms with Crippen LogP contribution in [0, 0.1) is 18.8 Å². The maximum atomic E-state index is 6.00. The van der Waals surface area contributed by atoms with Crippen molar-refractivity contribution in [3.63, 3.8) is 0 Å². The highest BCUT2D eigenvalue weighted by molar-refractivity contribution is 5.64. The molecule has 1 fully saturated rings. The van der Waals surface area contributed by atoms with Crippen molar-refractivity contribution in [2.75, 3.05) is 17.6 Å². The fourth-order valence-corrected chi connectivity index (χ4v) is 2.90. The fraction of sp³-hybridized carbons (Fsp3) is 0.786. The summed E-state index contributed by atoms with van der Waals surface area (Å²) in [6.45, 7) is 5.32. The fourth-order valence-electron chi connectivity index (χ4n) is 2.90. The van der Waals surface area contributed by atoms with Crippen LogP contribution in [0.5, 0.6) is 0 Å². The molecule has 1 aromatic rings. The number of nitrogens with two attached hydrogens (primary N) is 1. The van der Waals surface area contributed by atoms with Gasteiger partial charge in [0.15, 0.2) is 0 Å². The van der Waals surface area contributed by atoms with Gasteiger partial charge in [0, 0.05) is 13.6 Å². The number of aromatic nitrogens is 2. The Bertz CT molecular complexity index is 389.